The predicted octanol–water partition coefficient (Wildman–Crippen LogP) is 3.46. The van der Waals surface area contributed by atoms with E-state index in [2.05, 4.69) is 15.9 Å². The highest BCUT2D eigenvalue weighted by Crippen LogP contribution is 2.31. The van der Waals surface area contributed by atoms with Crippen LogP contribution in [-0.2, 0) is 11.2 Å². The zero-order valence-corrected chi connectivity index (χ0v) is 12.5. The molecule has 2 N–H and O–H groups in total. The van der Waals surface area contributed by atoms with Gasteiger partial charge in [-0.2, -0.15) is 0 Å². The quantitative estimate of drug-likeness (QED) is 0.920. The summed E-state index contributed by atoms with van der Waals surface area (Å²) in [7, 11) is 0. The Bertz CT molecular complexity index is 463. The van der Waals surface area contributed by atoms with Gasteiger partial charge < -0.3 is 5.73 Å². The molecule has 2 rings (SSSR count). The fourth-order valence-electron chi connectivity index (χ4n) is 2.91. The van der Waals surface area contributed by atoms with E-state index in [-0.39, 0.29) is 29.9 Å². The Morgan fingerprint density at radius 1 is 1.37 bits per heavy atom. The van der Waals surface area contributed by atoms with E-state index in [9.17, 15) is 9.18 Å². The standard InChI is InChI=1S/C15H19BrFNO/c16-12-5-6-14(17)11(7-12)8-15(19)13-4-2-1-3-10(13)9-18/h5-7,10,13H,1-4,8-9,18H2. The molecule has 0 spiro atoms. The van der Waals surface area contributed by atoms with Crippen LogP contribution >= 0.6 is 15.9 Å². The minimum atomic E-state index is -0.309. The smallest absolute Gasteiger partial charge is 0.140 e. The Labute approximate surface area is 121 Å². The lowest BCUT2D eigenvalue weighted by Crippen LogP contribution is -2.33. The maximum Gasteiger partial charge on any atom is 0.140 e. The molecule has 0 aliphatic heterocycles. The van der Waals surface area contributed by atoms with Crippen molar-refractivity contribution in [2.24, 2.45) is 17.6 Å². The normalized spacial score (nSPS) is 23.3. The molecular formula is C15H19BrFNO. The zero-order valence-electron chi connectivity index (χ0n) is 10.9. The maximum absolute atomic E-state index is 13.7. The molecule has 104 valence electrons. The molecule has 0 radical (unpaired) electrons. The summed E-state index contributed by atoms with van der Waals surface area (Å²) in [6, 6.07) is 4.73. The third-order valence-corrected chi connectivity index (χ3v) is 4.49. The van der Waals surface area contributed by atoms with Gasteiger partial charge in [0.05, 0.1) is 0 Å². The molecule has 2 atom stereocenters. The third-order valence-electron chi connectivity index (χ3n) is 4.00. The fourth-order valence-corrected chi connectivity index (χ4v) is 3.32. The van der Waals surface area contributed by atoms with Gasteiger partial charge >= 0.3 is 0 Å². The molecule has 2 nitrogen and oxygen atoms in total. The number of benzene rings is 1. The first-order valence-electron chi connectivity index (χ1n) is 6.78. The van der Waals surface area contributed by atoms with Crippen LogP contribution in [0, 0.1) is 17.7 Å². The molecule has 1 aromatic carbocycles. The molecular weight excluding hydrogens is 309 g/mol. The van der Waals surface area contributed by atoms with Crippen molar-refractivity contribution in [2.75, 3.05) is 6.54 Å². The van der Waals surface area contributed by atoms with E-state index in [1.165, 1.54) is 6.07 Å². The van der Waals surface area contributed by atoms with Crippen molar-refractivity contribution in [3.8, 4) is 0 Å². The van der Waals surface area contributed by atoms with Crippen molar-refractivity contribution < 1.29 is 9.18 Å². The number of carbonyl (C=O) groups is 1. The van der Waals surface area contributed by atoms with Crippen molar-refractivity contribution in [3.63, 3.8) is 0 Å². The largest absolute Gasteiger partial charge is 0.330 e. The molecule has 2 unspecified atom stereocenters. The Hall–Kier alpha value is -0.740. The van der Waals surface area contributed by atoms with E-state index in [0.717, 1.165) is 30.2 Å². The lowest BCUT2D eigenvalue weighted by atomic mass is 9.76. The van der Waals surface area contributed by atoms with Gasteiger partial charge in [-0.25, -0.2) is 4.39 Å². The third kappa shape index (κ3) is 3.63. The predicted molar refractivity (Wildman–Crippen MR) is 77.3 cm³/mol. The molecule has 1 aliphatic carbocycles. The molecule has 0 aromatic heterocycles. The van der Waals surface area contributed by atoms with Crippen LogP contribution in [0.3, 0.4) is 0 Å². The highest BCUT2D eigenvalue weighted by molar-refractivity contribution is 9.10. The summed E-state index contributed by atoms with van der Waals surface area (Å²) in [6.07, 6.45) is 4.32. The second-order valence-electron chi connectivity index (χ2n) is 5.27. The number of rotatable bonds is 4. The van der Waals surface area contributed by atoms with Crippen LogP contribution in [0.1, 0.15) is 31.2 Å². The Balaban J connectivity index is 2.09. The molecule has 4 heteroatoms. The van der Waals surface area contributed by atoms with Gasteiger partial charge in [0.1, 0.15) is 11.6 Å². The molecule has 0 amide bonds. The second kappa shape index (κ2) is 6.62. The van der Waals surface area contributed by atoms with Crippen molar-refractivity contribution in [1.29, 1.82) is 0 Å². The second-order valence-corrected chi connectivity index (χ2v) is 6.18. The number of carbonyl (C=O) groups excluding carboxylic acids is 1. The first-order chi connectivity index (χ1) is 9.11. The van der Waals surface area contributed by atoms with Gasteiger partial charge in [0, 0.05) is 16.8 Å². The van der Waals surface area contributed by atoms with E-state index in [0.29, 0.717) is 12.1 Å². The Kier molecular flexibility index (Phi) is 5.11. The van der Waals surface area contributed by atoms with Crippen LogP contribution in [-0.4, -0.2) is 12.3 Å². The van der Waals surface area contributed by atoms with Gasteiger partial charge in [0.25, 0.3) is 0 Å². The van der Waals surface area contributed by atoms with Gasteiger partial charge in [-0.05, 0) is 49.1 Å². The molecule has 0 bridgehead atoms. The number of halogens is 2. The number of nitrogens with two attached hydrogens (primary N) is 1. The molecule has 1 fully saturated rings. The molecule has 1 aliphatic rings. The number of ketones is 1. The summed E-state index contributed by atoms with van der Waals surface area (Å²) >= 11 is 3.31. The van der Waals surface area contributed by atoms with Crippen LogP contribution in [0.5, 0.6) is 0 Å². The molecule has 1 aromatic rings. The van der Waals surface area contributed by atoms with Gasteiger partial charge in [-0.3, -0.25) is 4.79 Å². The van der Waals surface area contributed by atoms with Crippen LogP contribution < -0.4 is 5.73 Å². The van der Waals surface area contributed by atoms with Crippen LogP contribution in [0.15, 0.2) is 22.7 Å². The minimum Gasteiger partial charge on any atom is -0.330 e. The van der Waals surface area contributed by atoms with Gasteiger partial charge in [0.15, 0.2) is 0 Å². The molecule has 19 heavy (non-hydrogen) atoms. The van der Waals surface area contributed by atoms with E-state index in [1.807, 2.05) is 0 Å². The average molecular weight is 328 g/mol. The monoisotopic (exact) mass is 327 g/mol. The van der Waals surface area contributed by atoms with E-state index >= 15 is 0 Å². The van der Waals surface area contributed by atoms with E-state index < -0.39 is 0 Å². The van der Waals surface area contributed by atoms with Gasteiger partial charge in [0.2, 0.25) is 0 Å². The lowest BCUT2D eigenvalue weighted by Gasteiger charge is -2.29. The zero-order chi connectivity index (χ0) is 13.8. The topological polar surface area (TPSA) is 43.1 Å². The summed E-state index contributed by atoms with van der Waals surface area (Å²) in [5, 5.41) is 0. The highest BCUT2D eigenvalue weighted by Gasteiger charge is 2.29. The summed E-state index contributed by atoms with van der Waals surface area (Å²) in [5.41, 5.74) is 6.22. The fraction of sp³-hybridized carbons (Fsp3) is 0.533. The summed E-state index contributed by atoms with van der Waals surface area (Å²) < 4.78 is 14.5. The van der Waals surface area contributed by atoms with Crippen LogP contribution in [0.4, 0.5) is 4.39 Å². The van der Waals surface area contributed by atoms with E-state index in [4.69, 9.17) is 5.73 Å². The summed E-state index contributed by atoms with van der Waals surface area (Å²) in [4.78, 5) is 12.4. The minimum absolute atomic E-state index is 0.0112. The molecule has 0 saturated heterocycles. The first kappa shape index (κ1) is 14.7. The van der Waals surface area contributed by atoms with Gasteiger partial charge in [-0.15, -0.1) is 0 Å². The Morgan fingerprint density at radius 3 is 2.84 bits per heavy atom. The van der Waals surface area contributed by atoms with E-state index in [1.54, 1.807) is 12.1 Å². The van der Waals surface area contributed by atoms with Crippen molar-refractivity contribution in [3.05, 3.63) is 34.1 Å². The average Bonchev–Trinajstić information content (AvgIpc) is 2.42. The summed E-state index contributed by atoms with van der Waals surface area (Å²) in [5.74, 6) is 0.109. The highest BCUT2D eigenvalue weighted by atomic mass is 79.9. The van der Waals surface area contributed by atoms with Crippen LogP contribution in [0.2, 0.25) is 0 Å². The van der Waals surface area contributed by atoms with Gasteiger partial charge in [-0.1, -0.05) is 28.8 Å². The number of hydrogen-bond donors (Lipinski definition) is 1. The van der Waals surface area contributed by atoms with Crippen molar-refractivity contribution in [2.45, 2.75) is 32.1 Å². The number of Topliss-reactive ketones (excluding diaryl/α,β-unsaturated/α-hetero) is 1. The molecule has 1 saturated carbocycles. The van der Waals surface area contributed by atoms with Crippen molar-refractivity contribution >= 4 is 21.7 Å². The van der Waals surface area contributed by atoms with Crippen LogP contribution in [0.25, 0.3) is 0 Å². The number of hydrogen-bond acceptors (Lipinski definition) is 2. The SMILES string of the molecule is NCC1CCCCC1C(=O)Cc1cc(Br)ccc1F. The lowest BCUT2D eigenvalue weighted by molar-refractivity contribution is -0.124. The first-order valence-corrected chi connectivity index (χ1v) is 7.58. The summed E-state index contributed by atoms with van der Waals surface area (Å²) in [6.45, 7) is 0.553. The Morgan fingerprint density at radius 2 is 2.11 bits per heavy atom. The maximum atomic E-state index is 13.7. The molecule has 0 heterocycles. The van der Waals surface area contributed by atoms with Crippen molar-refractivity contribution in [1.82, 2.24) is 0 Å².